The van der Waals surface area contributed by atoms with Crippen LogP contribution in [-0.2, 0) is 10.8 Å². The summed E-state index contributed by atoms with van der Waals surface area (Å²) < 4.78 is 19.1. The van der Waals surface area contributed by atoms with Crippen molar-refractivity contribution >= 4 is 43.6 Å². The minimum atomic E-state index is -0.760. The summed E-state index contributed by atoms with van der Waals surface area (Å²) in [6.45, 7) is 0. The maximum absolute atomic E-state index is 7.34. The molecule has 4 aromatic heterocycles. The Hall–Kier alpha value is -15.1. The van der Waals surface area contributed by atoms with Gasteiger partial charge in [-0.25, -0.2) is 19.9 Å². The summed E-state index contributed by atoms with van der Waals surface area (Å²) in [6.07, 6.45) is 0. The average molecular weight is 1450 g/mol. The fourth-order valence-electron chi connectivity index (χ4n) is 19.4. The molecule has 0 fully saturated rings. The molecular weight excluding hydrogens is 1390 g/mol. The Labute approximate surface area is 657 Å². The monoisotopic (exact) mass is 1450 g/mol. The summed E-state index contributed by atoms with van der Waals surface area (Å²) in [5.74, 6) is 4.42. The Kier molecular flexibility index (Phi) is 13.8. The number of fused-ring (bicyclic) bond motifs is 24. The molecule has 16 aromatic carbocycles. The predicted molar refractivity (Wildman–Crippen MR) is 459 cm³/mol. The average Bonchev–Trinajstić information content (AvgIpc) is 1.51. The van der Waals surface area contributed by atoms with Crippen molar-refractivity contribution in [3.63, 3.8) is 0 Å². The highest BCUT2D eigenvalue weighted by Gasteiger charge is 2.53. The van der Waals surface area contributed by atoms with Crippen LogP contribution in [0, 0.1) is 0 Å². The number of hydrogen-bond donors (Lipinski definition) is 0. The predicted octanol–water partition coefficient (Wildman–Crippen LogP) is 26.1. The van der Waals surface area contributed by atoms with E-state index in [1.807, 2.05) is 18.2 Å². The quantitative estimate of drug-likeness (QED) is 0.143. The molecule has 6 heterocycles. The molecule has 2 aliphatic heterocycles. The first-order valence-corrected chi connectivity index (χ1v) is 38.9. The smallest absolute Gasteiger partial charge is 0.160 e. The second kappa shape index (κ2) is 24.7. The van der Waals surface area contributed by atoms with Crippen molar-refractivity contribution in [1.29, 1.82) is 0 Å². The molecular formula is C106H64N6O2. The van der Waals surface area contributed by atoms with Crippen molar-refractivity contribution in [3.05, 3.63) is 433 Å². The van der Waals surface area contributed by atoms with Crippen molar-refractivity contribution in [2.75, 3.05) is 0 Å². The topological polar surface area (TPSA) is 79.9 Å². The molecule has 0 saturated heterocycles. The molecule has 2 aliphatic carbocycles. The zero-order valence-corrected chi connectivity index (χ0v) is 61.5. The summed E-state index contributed by atoms with van der Waals surface area (Å²) >= 11 is 0. The Balaban J connectivity index is 0.616. The van der Waals surface area contributed by atoms with Gasteiger partial charge in [0.15, 0.2) is 11.6 Å². The van der Waals surface area contributed by atoms with E-state index in [2.05, 4.69) is 379 Å². The minimum absolute atomic E-state index is 0.598. The highest BCUT2D eigenvalue weighted by atomic mass is 16.5. The molecule has 2 spiro atoms. The largest absolute Gasteiger partial charge is 0.457 e. The van der Waals surface area contributed by atoms with Crippen molar-refractivity contribution < 1.29 is 9.47 Å². The van der Waals surface area contributed by atoms with Crippen molar-refractivity contribution in [2.45, 2.75) is 10.8 Å². The van der Waals surface area contributed by atoms with Gasteiger partial charge >= 0.3 is 0 Å². The molecule has 1 atom stereocenters. The first kappa shape index (κ1) is 63.8. The number of para-hydroxylation sites is 7. The van der Waals surface area contributed by atoms with Gasteiger partial charge < -0.3 is 18.6 Å². The molecule has 8 nitrogen and oxygen atoms in total. The number of rotatable bonds is 9. The third-order valence-electron chi connectivity index (χ3n) is 24.4. The van der Waals surface area contributed by atoms with Gasteiger partial charge in [-0.2, -0.15) is 0 Å². The van der Waals surface area contributed by atoms with Crippen molar-refractivity contribution in [3.8, 4) is 136 Å². The van der Waals surface area contributed by atoms with Gasteiger partial charge in [-0.15, -0.1) is 0 Å². The van der Waals surface area contributed by atoms with E-state index in [-0.39, 0.29) is 0 Å². The lowest BCUT2D eigenvalue weighted by molar-refractivity contribution is 0.436. The molecule has 0 bridgehead atoms. The number of ether oxygens (including phenoxy) is 2. The zero-order valence-electron chi connectivity index (χ0n) is 61.5. The SMILES string of the molecule is c1ccc(-c2nc(-c3ccc(-n4c5ccccc5c5ccccc54)cc3)cc(-c3cccc4c3Oc3ccccc3C43c4ccccc4-c4cc(-c5ccc(-c6nc(-c7ccc(-n8c9ccccc9c9ccccc98)cc7)cc(-c7ccc8c(c7)Oc7ccccc7C87c8ccccc8-c8ccccc87)n6)cc5)ccc43)n2)cc1. The number of benzene rings is 16. The second-order valence-corrected chi connectivity index (χ2v) is 30.2. The molecule has 530 valence electrons. The van der Waals surface area contributed by atoms with Crippen LogP contribution in [0.25, 0.3) is 156 Å². The minimum Gasteiger partial charge on any atom is -0.457 e. The maximum atomic E-state index is 7.34. The zero-order chi connectivity index (χ0) is 74.7. The van der Waals surface area contributed by atoms with Gasteiger partial charge in [-0.3, -0.25) is 0 Å². The first-order chi connectivity index (χ1) is 56.5. The Morgan fingerprint density at radius 2 is 0.553 bits per heavy atom. The van der Waals surface area contributed by atoms with E-state index in [0.29, 0.717) is 11.6 Å². The van der Waals surface area contributed by atoms with Crippen LogP contribution >= 0.6 is 0 Å². The Morgan fingerprint density at radius 1 is 0.202 bits per heavy atom. The van der Waals surface area contributed by atoms with Crippen molar-refractivity contribution in [1.82, 2.24) is 29.1 Å². The standard InChI is InChI=1S/C106H64N6O2/c1-2-23-68(24-3-1)103-108-92(67-51-57-73(58-52-67)112-97-41-18-9-30-79(97)80-31-10-19-42-98(80)112)64-94(110-103)81-32-22-38-90-102(81)114-100-44-21-15-37-88(100)106(90)85-35-13-6-27-76(85)82-61-70(53-59-86(82)106)65-45-47-69(48-46-65)104-107-91(66-49-55-72(56-50-66)111-95-39-16-7-28-77(95)78-29-8-17-40-96(78)111)63-93(109-104)71-54-60-89-101(62-71)113-99-43-20-14-36-87(99)105(89)83-33-11-4-25-74(83)75-26-5-12-34-84(75)105/h1-64H. The van der Waals surface area contributed by atoms with Crippen LogP contribution in [0.15, 0.2) is 388 Å². The van der Waals surface area contributed by atoms with Gasteiger partial charge in [-0.05, 0) is 147 Å². The van der Waals surface area contributed by atoms with Crippen LogP contribution < -0.4 is 9.47 Å². The molecule has 1 unspecified atom stereocenters. The van der Waals surface area contributed by atoms with E-state index >= 15 is 0 Å². The molecule has 0 N–H and O–H groups in total. The Bertz CT molecular complexity index is 7270. The fraction of sp³-hybridized carbons (Fsp3) is 0.0189. The molecule has 0 amide bonds. The van der Waals surface area contributed by atoms with Gasteiger partial charge in [-0.1, -0.05) is 297 Å². The summed E-state index contributed by atoms with van der Waals surface area (Å²) in [5, 5.41) is 4.89. The molecule has 8 heteroatoms. The van der Waals surface area contributed by atoms with Crippen LogP contribution in [0.2, 0.25) is 0 Å². The van der Waals surface area contributed by atoms with Crippen molar-refractivity contribution in [2.24, 2.45) is 0 Å². The molecule has 20 aromatic rings. The normalized spacial score (nSPS) is 14.2. The van der Waals surface area contributed by atoms with Crippen LogP contribution in [0.4, 0.5) is 0 Å². The first-order valence-electron chi connectivity index (χ1n) is 38.9. The van der Waals surface area contributed by atoms with E-state index in [1.165, 1.54) is 60.5 Å². The van der Waals surface area contributed by atoms with Gasteiger partial charge in [0, 0.05) is 88.6 Å². The van der Waals surface area contributed by atoms with E-state index in [1.54, 1.807) is 0 Å². The lowest BCUT2D eigenvalue weighted by Gasteiger charge is -2.40. The summed E-state index contributed by atoms with van der Waals surface area (Å²) in [5.41, 5.74) is 30.3. The second-order valence-electron chi connectivity index (χ2n) is 30.2. The summed E-state index contributed by atoms with van der Waals surface area (Å²) in [4.78, 5) is 21.8. The fourth-order valence-corrected chi connectivity index (χ4v) is 19.4. The number of nitrogens with zero attached hydrogens (tertiary/aromatic N) is 6. The van der Waals surface area contributed by atoms with E-state index < -0.39 is 10.8 Å². The highest BCUT2D eigenvalue weighted by Crippen LogP contribution is 2.65. The molecule has 114 heavy (non-hydrogen) atoms. The van der Waals surface area contributed by atoms with Crippen LogP contribution in [0.5, 0.6) is 23.0 Å². The van der Waals surface area contributed by atoms with Gasteiger partial charge in [0.25, 0.3) is 0 Å². The van der Waals surface area contributed by atoms with Crippen LogP contribution in [0.1, 0.15) is 44.5 Å². The lowest BCUT2D eigenvalue weighted by Crippen LogP contribution is -2.32. The maximum Gasteiger partial charge on any atom is 0.160 e. The molecule has 24 rings (SSSR count). The van der Waals surface area contributed by atoms with Gasteiger partial charge in [0.2, 0.25) is 0 Å². The molecule has 0 radical (unpaired) electrons. The van der Waals surface area contributed by atoms with Crippen LogP contribution in [-0.4, -0.2) is 29.1 Å². The third-order valence-corrected chi connectivity index (χ3v) is 24.4. The summed E-state index contributed by atoms with van der Waals surface area (Å²) in [6, 6.07) is 140. The molecule has 4 aliphatic rings. The van der Waals surface area contributed by atoms with Gasteiger partial charge in [0.1, 0.15) is 23.0 Å². The highest BCUT2D eigenvalue weighted by molar-refractivity contribution is 6.10. The van der Waals surface area contributed by atoms with Crippen LogP contribution in [0.3, 0.4) is 0 Å². The van der Waals surface area contributed by atoms with E-state index in [9.17, 15) is 0 Å². The lowest BCUT2D eigenvalue weighted by atomic mass is 9.65. The Morgan fingerprint density at radius 3 is 1.10 bits per heavy atom. The summed E-state index contributed by atoms with van der Waals surface area (Å²) in [7, 11) is 0. The third kappa shape index (κ3) is 9.27. The van der Waals surface area contributed by atoms with Gasteiger partial charge in [0.05, 0.1) is 55.7 Å². The number of hydrogen-bond acceptors (Lipinski definition) is 6. The van der Waals surface area contributed by atoms with E-state index in [4.69, 9.17) is 29.4 Å². The molecule has 0 saturated carbocycles. The van der Waals surface area contributed by atoms with E-state index in [0.717, 1.165) is 152 Å². The number of aromatic nitrogens is 6.